The van der Waals surface area contributed by atoms with Crippen molar-refractivity contribution in [2.24, 2.45) is 11.7 Å². The van der Waals surface area contributed by atoms with Gasteiger partial charge in [-0.3, -0.25) is 0 Å². The molecule has 1 fully saturated rings. The van der Waals surface area contributed by atoms with Gasteiger partial charge in [0, 0.05) is 22.9 Å². The lowest BCUT2D eigenvalue weighted by Crippen LogP contribution is -2.24. The second-order valence-corrected chi connectivity index (χ2v) is 5.69. The summed E-state index contributed by atoms with van der Waals surface area (Å²) in [5.74, 6) is 1.83. The molecular formula is C9H14N2S2. The zero-order valence-electron chi connectivity index (χ0n) is 7.69. The number of nitrogens with two attached hydrogens (primary N) is 1. The van der Waals surface area contributed by atoms with Crippen molar-refractivity contribution in [1.82, 2.24) is 4.98 Å². The molecule has 1 aromatic rings. The topological polar surface area (TPSA) is 38.9 Å². The van der Waals surface area contributed by atoms with Crippen LogP contribution in [0.5, 0.6) is 0 Å². The summed E-state index contributed by atoms with van der Waals surface area (Å²) < 4.78 is 1.16. The molecule has 0 radical (unpaired) electrons. The Bertz CT molecular complexity index is 281. The Morgan fingerprint density at radius 1 is 1.77 bits per heavy atom. The van der Waals surface area contributed by atoms with Crippen LogP contribution in [0.3, 0.4) is 0 Å². The fourth-order valence-electron chi connectivity index (χ4n) is 1.23. The quantitative estimate of drug-likeness (QED) is 0.782. The average Bonchev–Trinajstić information content (AvgIpc) is 2.87. The van der Waals surface area contributed by atoms with Gasteiger partial charge in [-0.15, -0.1) is 11.3 Å². The highest BCUT2D eigenvalue weighted by Gasteiger charge is 2.28. The minimum absolute atomic E-state index is 0.384. The third kappa shape index (κ3) is 2.69. The summed E-state index contributed by atoms with van der Waals surface area (Å²) in [7, 11) is 0. The third-order valence-corrected chi connectivity index (χ3v) is 4.51. The van der Waals surface area contributed by atoms with Gasteiger partial charge in [-0.2, -0.15) is 0 Å². The Labute approximate surface area is 86.9 Å². The van der Waals surface area contributed by atoms with Gasteiger partial charge in [0.15, 0.2) is 0 Å². The van der Waals surface area contributed by atoms with Gasteiger partial charge in [0.2, 0.25) is 0 Å². The van der Waals surface area contributed by atoms with Crippen LogP contribution in [0.1, 0.15) is 18.5 Å². The number of hydrogen-bond acceptors (Lipinski definition) is 4. The first-order valence-electron chi connectivity index (χ1n) is 4.56. The molecule has 0 aromatic carbocycles. The molecule has 1 aromatic heterocycles. The second-order valence-electron chi connectivity index (χ2n) is 3.57. The fraction of sp³-hybridized carbons (Fsp3) is 0.667. The highest BCUT2D eigenvalue weighted by atomic mass is 32.2. The van der Waals surface area contributed by atoms with Crippen molar-refractivity contribution in [3.05, 3.63) is 11.1 Å². The van der Waals surface area contributed by atoms with Gasteiger partial charge < -0.3 is 5.73 Å². The SMILES string of the molecule is Cc1csc(SCC(N)C2CC2)n1. The Balaban J connectivity index is 1.78. The van der Waals surface area contributed by atoms with Gasteiger partial charge in [0.1, 0.15) is 4.34 Å². The molecule has 1 atom stereocenters. The molecule has 1 saturated carbocycles. The van der Waals surface area contributed by atoms with Crippen LogP contribution in [0.2, 0.25) is 0 Å². The van der Waals surface area contributed by atoms with Crippen LogP contribution in [-0.2, 0) is 0 Å². The van der Waals surface area contributed by atoms with Crippen molar-refractivity contribution in [2.75, 3.05) is 5.75 Å². The average molecular weight is 214 g/mol. The molecule has 0 spiro atoms. The van der Waals surface area contributed by atoms with Crippen LogP contribution in [0.15, 0.2) is 9.72 Å². The van der Waals surface area contributed by atoms with Gasteiger partial charge in [-0.1, -0.05) is 11.8 Å². The van der Waals surface area contributed by atoms with E-state index in [4.69, 9.17) is 5.73 Å². The van der Waals surface area contributed by atoms with E-state index in [-0.39, 0.29) is 0 Å². The van der Waals surface area contributed by atoms with Gasteiger partial charge >= 0.3 is 0 Å². The molecular weight excluding hydrogens is 200 g/mol. The summed E-state index contributed by atoms with van der Waals surface area (Å²) >= 11 is 3.52. The lowest BCUT2D eigenvalue weighted by atomic mass is 10.2. The first kappa shape index (κ1) is 9.49. The van der Waals surface area contributed by atoms with Crippen LogP contribution < -0.4 is 5.73 Å². The Morgan fingerprint density at radius 3 is 3.08 bits per heavy atom. The number of nitrogens with zero attached hydrogens (tertiary/aromatic N) is 1. The molecule has 2 rings (SSSR count). The summed E-state index contributed by atoms with van der Waals surface area (Å²) in [5, 5.41) is 2.09. The van der Waals surface area contributed by atoms with Crippen LogP contribution in [0, 0.1) is 12.8 Å². The molecule has 2 N–H and O–H groups in total. The maximum Gasteiger partial charge on any atom is 0.150 e. The molecule has 72 valence electrons. The van der Waals surface area contributed by atoms with E-state index in [1.807, 2.05) is 6.92 Å². The maximum atomic E-state index is 5.99. The fourth-order valence-corrected chi connectivity index (χ4v) is 3.18. The van der Waals surface area contributed by atoms with Crippen molar-refractivity contribution >= 4 is 23.1 Å². The van der Waals surface area contributed by atoms with Crippen molar-refractivity contribution in [3.63, 3.8) is 0 Å². The Hall–Kier alpha value is -0.0600. The van der Waals surface area contributed by atoms with Crippen molar-refractivity contribution < 1.29 is 0 Å². The van der Waals surface area contributed by atoms with E-state index < -0.39 is 0 Å². The molecule has 13 heavy (non-hydrogen) atoms. The van der Waals surface area contributed by atoms with Crippen LogP contribution in [0.4, 0.5) is 0 Å². The molecule has 1 unspecified atom stereocenters. The van der Waals surface area contributed by atoms with E-state index in [1.165, 1.54) is 12.8 Å². The van der Waals surface area contributed by atoms with Gasteiger partial charge in [-0.25, -0.2) is 4.98 Å². The smallest absolute Gasteiger partial charge is 0.150 e. The molecule has 1 aliphatic carbocycles. The standard InChI is InChI=1S/C9H14N2S2/c1-6-4-12-9(11-6)13-5-8(10)7-2-3-7/h4,7-8H,2-3,5,10H2,1H3. The van der Waals surface area contributed by atoms with E-state index in [2.05, 4.69) is 10.4 Å². The summed E-state index contributed by atoms with van der Waals surface area (Å²) in [5.41, 5.74) is 7.11. The zero-order valence-corrected chi connectivity index (χ0v) is 9.33. The van der Waals surface area contributed by atoms with Gasteiger partial charge in [0.05, 0.1) is 0 Å². The molecule has 0 saturated heterocycles. The van der Waals surface area contributed by atoms with E-state index in [9.17, 15) is 0 Å². The number of thiazole rings is 1. The minimum atomic E-state index is 0.384. The number of aromatic nitrogens is 1. The summed E-state index contributed by atoms with van der Waals surface area (Å²) in [6, 6.07) is 0.384. The van der Waals surface area contributed by atoms with Crippen LogP contribution >= 0.6 is 23.1 Å². The van der Waals surface area contributed by atoms with E-state index >= 15 is 0 Å². The predicted molar refractivity (Wildman–Crippen MR) is 58.3 cm³/mol. The van der Waals surface area contributed by atoms with E-state index in [1.54, 1.807) is 23.1 Å². The number of hydrogen-bond donors (Lipinski definition) is 1. The minimum Gasteiger partial charge on any atom is -0.327 e. The molecule has 1 aliphatic rings. The number of aryl methyl sites for hydroxylation is 1. The van der Waals surface area contributed by atoms with Crippen LogP contribution in [0.25, 0.3) is 0 Å². The highest BCUT2D eigenvalue weighted by Crippen LogP contribution is 2.34. The lowest BCUT2D eigenvalue weighted by Gasteiger charge is -2.06. The Kier molecular flexibility index (Phi) is 2.91. The normalized spacial score (nSPS) is 18.9. The van der Waals surface area contributed by atoms with E-state index in [0.29, 0.717) is 6.04 Å². The monoisotopic (exact) mass is 214 g/mol. The van der Waals surface area contributed by atoms with E-state index in [0.717, 1.165) is 21.7 Å². The van der Waals surface area contributed by atoms with Crippen LogP contribution in [-0.4, -0.2) is 16.8 Å². The summed E-state index contributed by atoms with van der Waals surface area (Å²) in [4.78, 5) is 4.39. The predicted octanol–water partition coefficient (Wildman–Crippen LogP) is 2.28. The Morgan fingerprint density at radius 2 is 2.54 bits per heavy atom. The zero-order chi connectivity index (χ0) is 9.26. The number of rotatable bonds is 4. The molecule has 1 heterocycles. The molecule has 4 heteroatoms. The molecule has 0 bridgehead atoms. The van der Waals surface area contributed by atoms with Crippen molar-refractivity contribution in [3.8, 4) is 0 Å². The second kappa shape index (κ2) is 3.98. The van der Waals surface area contributed by atoms with Gasteiger partial charge in [-0.05, 0) is 25.7 Å². The third-order valence-electron chi connectivity index (χ3n) is 2.22. The number of thioether (sulfide) groups is 1. The first-order valence-corrected chi connectivity index (χ1v) is 6.43. The van der Waals surface area contributed by atoms with Crippen molar-refractivity contribution in [2.45, 2.75) is 30.1 Å². The summed E-state index contributed by atoms with van der Waals surface area (Å²) in [6.07, 6.45) is 2.66. The van der Waals surface area contributed by atoms with Crippen molar-refractivity contribution in [1.29, 1.82) is 0 Å². The maximum absolute atomic E-state index is 5.99. The van der Waals surface area contributed by atoms with Gasteiger partial charge in [0.25, 0.3) is 0 Å². The molecule has 0 aliphatic heterocycles. The largest absolute Gasteiger partial charge is 0.327 e. The molecule has 2 nitrogen and oxygen atoms in total. The summed E-state index contributed by atoms with van der Waals surface area (Å²) in [6.45, 7) is 2.03. The molecule has 0 amide bonds. The first-order chi connectivity index (χ1) is 6.25. The highest BCUT2D eigenvalue weighted by molar-refractivity contribution is 8.01. The lowest BCUT2D eigenvalue weighted by molar-refractivity contribution is 0.659.